The number of para-hydroxylation sites is 1. The van der Waals surface area contributed by atoms with Crippen molar-refractivity contribution in [2.75, 3.05) is 0 Å². The number of benzene rings is 1. The van der Waals surface area contributed by atoms with Crippen LogP contribution in [-0.2, 0) is 16.0 Å². The standard InChI is InChI=1S/C15H19N3O3/c1-2-11(16)14(19)18-13(15(20)21)7-9-8-17-12-6-4-3-5-10(9)12/h3-6,8,11,13,17H,2,7,16H2,1H3,(H,18,19)(H,20,21)/t11-,13+/m0/s1. The number of fused-ring (bicyclic) bond motifs is 1. The van der Waals surface area contributed by atoms with Gasteiger partial charge in [0.15, 0.2) is 0 Å². The normalized spacial score (nSPS) is 13.8. The zero-order valence-electron chi connectivity index (χ0n) is 11.8. The molecular formula is C15H19N3O3. The molecule has 112 valence electrons. The summed E-state index contributed by atoms with van der Waals surface area (Å²) in [5.41, 5.74) is 7.41. The summed E-state index contributed by atoms with van der Waals surface area (Å²) in [6.07, 6.45) is 2.44. The summed E-state index contributed by atoms with van der Waals surface area (Å²) in [5.74, 6) is -1.51. The first-order valence-electron chi connectivity index (χ1n) is 6.86. The van der Waals surface area contributed by atoms with Crippen LogP contribution in [0.15, 0.2) is 30.5 Å². The second-order valence-corrected chi connectivity index (χ2v) is 4.98. The quantitative estimate of drug-likeness (QED) is 0.636. The number of carboxylic acid groups (broad SMARTS) is 1. The molecular weight excluding hydrogens is 270 g/mol. The van der Waals surface area contributed by atoms with Gasteiger partial charge in [-0.25, -0.2) is 4.79 Å². The summed E-state index contributed by atoms with van der Waals surface area (Å²) in [7, 11) is 0. The average Bonchev–Trinajstić information content (AvgIpc) is 2.88. The predicted molar refractivity (Wildman–Crippen MR) is 79.8 cm³/mol. The van der Waals surface area contributed by atoms with Gasteiger partial charge >= 0.3 is 5.97 Å². The summed E-state index contributed by atoms with van der Waals surface area (Å²) < 4.78 is 0. The molecule has 21 heavy (non-hydrogen) atoms. The number of nitrogens with one attached hydrogen (secondary N) is 2. The first-order chi connectivity index (χ1) is 10.0. The van der Waals surface area contributed by atoms with Gasteiger partial charge in [0.2, 0.25) is 5.91 Å². The Kier molecular flexibility index (Phi) is 4.59. The van der Waals surface area contributed by atoms with Crippen LogP contribution in [0.4, 0.5) is 0 Å². The summed E-state index contributed by atoms with van der Waals surface area (Å²) in [6, 6.07) is 5.95. The van der Waals surface area contributed by atoms with Gasteiger partial charge in [-0.15, -0.1) is 0 Å². The summed E-state index contributed by atoms with van der Waals surface area (Å²) in [6.45, 7) is 1.78. The van der Waals surface area contributed by atoms with Crippen LogP contribution in [0.2, 0.25) is 0 Å². The Hall–Kier alpha value is -2.34. The van der Waals surface area contributed by atoms with Gasteiger partial charge in [0.25, 0.3) is 0 Å². The SMILES string of the molecule is CC[C@H](N)C(=O)N[C@H](Cc1c[nH]c2ccccc12)C(=O)O. The molecule has 6 heteroatoms. The molecule has 5 N–H and O–H groups in total. The third-order valence-corrected chi connectivity index (χ3v) is 3.49. The van der Waals surface area contributed by atoms with E-state index in [2.05, 4.69) is 10.3 Å². The second-order valence-electron chi connectivity index (χ2n) is 4.98. The summed E-state index contributed by atoms with van der Waals surface area (Å²) in [4.78, 5) is 26.2. The lowest BCUT2D eigenvalue weighted by atomic mass is 10.0. The molecule has 1 aromatic carbocycles. The van der Waals surface area contributed by atoms with Crippen molar-refractivity contribution in [2.24, 2.45) is 5.73 Å². The van der Waals surface area contributed by atoms with Crippen molar-refractivity contribution in [3.05, 3.63) is 36.0 Å². The molecule has 0 saturated carbocycles. The molecule has 2 aromatic rings. The maximum Gasteiger partial charge on any atom is 0.326 e. The zero-order chi connectivity index (χ0) is 15.4. The van der Waals surface area contributed by atoms with Gasteiger partial charge in [0.05, 0.1) is 6.04 Å². The maximum absolute atomic E-state index is 11.8. The van der Waals surface area contributed by atoms with Gasteiger partial charge in [-0.2, -0.15) is 0 Å². The highest BCUT2D eigenvalue weighted by atomic mass is 16.4. The van der Waals surface area contributed by atoms with E-state index < -0.39 is 24.0 Å². The van der Waals surface area contributed by atoms with E-state index in [0.717, 1.165) is 16.5 Å². The van der Waals surface area contributed by atoms with E-state index in [1.807, 2.05) is 24.3 Å². The molecule has 0 bridgehead atoms. The largest absolute Gasteiger partial charge is 0.480 e. The minimum absolute atomic E-state index is 0.210. The highest BCUT2D eigenvalue weighted by Gasteiger charge is 2.23. The molecule has 0 saturated heterocycles. The van der Waals surface area contributed by atoms with Crippen LogP contribution in [-0.4, -0.2) is 34.1 Å². The lowest BCUT2D eigenvalue weighted by molar-refractivity contribution is -0.142. The number of rotatable bonds is 6. The molecule has 1 aromatic heterocycles. The number of aromatic amines is 1. The summed E-state index contributed by atoms with van der Waals surface area (Å²) >= 11 is 0. The Bertz CT molecular complexity index is 650. The van der Waals surface area contributed by atoms with E-state index in [9.17, 15) is 14.7 Å². The number of carbonyl (C=O) groups excluding carboxylic acids is 1. The molecule has 0 aliphatic rings. The van der Waals surface area contributed by atoms with Gasteiger partial charge in [-0.1, -0.05) is 25.1 Å². The molecule has 0 spiro atoms. The molecule has 1 heterocycles. The van der Waals surface area contributed by atoms with E-state index in [-0.39, 0.29) is 6.42 Å². The van der Waals surface area contributed by atoms with Crippen molar-refractivity contribution in [3.63, 3.8) is 0 Å². The number of amides is 1. The van der Waals surface area contributed by atoms with Crippen molar-refractivity contribution >= 4 is 22.8 Å². The number of carboxylic acids is 1. The maximum atomic E-state index is 11.8. The molecule has 0 unspecified atom stereocenters. The van der Waals surface area contributed by atoms with Crippen LogP contribution in [0, 0.1) is 0 Å². The van der Waals surface area contributed by atoms with Crippen molar-refractivity contribution < 1.29 is 14.7 Å². The first-order valence-corrected chi connectivity index (χ1v) is 6.86. The lowest BCUT2D eigenvalue weighted by Gasteiger charge is -2.16. The number of hydrogen-bond donors (Lipinski definition) is 4. The predicted octanol–water partition coefficient (Wildman–Crippen LogP) is 1.02. The third kappa shape index (κ3) is 3.41. The van der Waals surface area contributed by atoms with Crippen LogP contribution >= 0.6 is 0 Å². The van der Waals surface area contributed by atoms with Crippen LogP contribution in [0.5, 0.6) is 0 Å². The molecule has 2 rings (SSSR count). The van der Waals surface area contributed by atoms with Crippen molar-refractivity contribution in [1.82, 2.24) is 10.3 Å². The number of nitrogens with two attached hydrogens (primary N) is 1. The van der Waals surface area contributed by atoms with Crippen molar-refractivity contribution in [3.8, 4) is 0 Å². The Morgan fingerprint density at radius 1 is 1.38 bits per heavy atom. The van der Waals surface area contributed by atoms with Crippen LogP contribution < -0.4 is 11.1 Å². The minimum atomic E-state index is -1.07. The van der Waals surface area contributed by atoms with E-state index >= 15 is 0 Å². The van der Waals surface area contributed by atoms with E-state index in [1.165, 1.54) is 0 Å². The van der Waals surface area contributed by atoms with Crippen molar-refractivity contribution in [1.29, 1.82) is 0 Å². The van der Waals surface area contributed by atoms with Crippen LogP contribution in [0.1, 0.15) is 18.9 Å². The highest BCUT2D eigenvalue weighted by molar-refractivity contribution is 5.88. The highest BCUT2D eigenvalue weighted by Crippen LogP contribution is 2.19. The minimum Gasteiger partial charge on any atom is -0.480 e. The van der Waals surface area contributed by atoms with E-state index in [0.29, 0.717) is 6.42 Å². The molecule has 6 nitrogen and oxygen atoms in total. The Morgan fingerprint density at radius 3 is 2.76 bits per heavy atom. The van der Waals surface area contributed by atoms with Gasteiger partial charge in [0.1, 0.15) is 6.04 Å². The zero-order valence-corrected chi connectivity index (χ0v) is 11.8. The number of carbonyl (C=O) groups is 2. The van der Waals surface area contributed by atoms with E-state index in [1.54, 1.807) is 13.1 Å². The van der Waals surface area contributed by atoms with Crippen LogP contribution in [0.25, 0.3) is 10.9 Å². The number of hydrogen-bond acceptors (Lipinski definition) is 3. The summed E-state index contributed by atoms with van der Waals surface area (Å²) in [5, 5.41) is 12.7. The molecule has 0 aliphatic carbocycles. The third-order valence-electron chi connectivity index (χ3n) is 3.49. The lowest BCUT2D eigenvalue weighted by Crippen LogP contribution is -2.49. The van der Waals surface area contributed by atoms with Gasteiger partial charge in [-0.05, 0) is 18.1 Å². The Morgan fingerprint density at radius 2 is 2.10 bits per heavy atom. The van der Waals surface area contributed by atoms with Crippen molar-refractivity contribution in [2.45, 2.75) is 31.8 Å². The smallest absolute Gasteiger partial charge is 0.326 e. The number of aromatic nitrogens is 1. The fraction of sp³-hybridized carbons (Fsp3) is 0.333. The van der Waals surface area contributed by atoms with Gasteiger partial charge in [0, 0.05) is 23.5 Å². The topological polar surface area (TPSA) is 108 Å². The average molecular weight is 289 g/mol. The monoisotopic (exact) mass is 289 g/mol. The van der Waals surface area contributed by atoms with E-state index in [4.69, 9.17) is 5.73 Å². The van der Waals surface area contributed by atoms with Gasteiger partial charge in [-0.3, -0.25) is 4.79 Å². The Labute approximate surface area is 122 Å². The molecule has 0 radical (unpaired) electrons. The molecule has 1 amide bonds. The number of H-pyrrole nitrogens is 1. The first kappa shape index (κ1) is 15.1. The second kappa shape index (κ2) is 6.41. The molecule has 0 fully saturated rings. The Balaban J connectivity index is 2.17. The molecule has 2 atom stereocenters. The fourth-order valence-corrected chi connectivity index (χ4v) is 2.18. The van der Waals surface area contributed by atoms with Gasteiger partial charge < -0.3 is 21.1 Å². The number of aliphatic carboxylic acids is 1. The molecule has 0 aliphatic heterocycles. The fourth-order valence-electron chi connectivity index (χ4n) is 2.18. The van der Waals surface area contributed by atoms with Crippen LogP contribution in [0.3, 0.4) is 0 Å².